The molecule has 20 heavy (non-hydrogen) atoms. The van der Waals surface area contributed by atoms with E-state index in [9.17, 15) is 4.79 Å². The summed E-state index contributed by atoms with van der Waals surface area (Å²) in [6, 6.07) is -0.489. The Labute approximate surface area is 115 Å². The van der Waals surface area contributed by atoms with Gasteiger partial charge in [0.05, 0.1) is 6.04 Å². The minimum Gasteiger partial charge on any atom is -0.340 e. The lowest BCUT2D eigenvalue weighted by molar-refractivity contribution is -0.135. The highest BCUT2D eigenvalue weighted by atomic mass is 16.5. The second-order valence-corrected chi connectivity index (χ2v) is 4.91. The zero-order valence-corrected chi connectivity index (χ0v) is 11.4. The minimum atomic E-state index is -0.383. The Morgan fingerprint density at radius 3 is 3.05 bits per heavy atom. The summed E-state index contributed by atoms with van der Waals surface area (Å²) in [5.41, 5.74) is 0. The van der Waals surface area contributed by atoms with Crippen LogP contribution in [0.3, 0.4) is 0 Å². The molecule has 3 rings (SSSR count). The van der Waals surface area contributed by atoms with Crippen molar-refractivity contribution in [3.05, 3.63) is 24.4 Å². The predicted molar refractivity (Wildman–Crippen MR) is 67.5 cm³/mol. The average Bonchev–Trinajstić information content (AvgIpc) is 3.17. The first-order valence-corrected chi connectivity index (χ1v) is 6.61. The number of carbonyl (C=O) groups excluding carboxylic acids is 1. The maximum absolute atomic E-state index is 12.6. The first-order chi connectivity index (χ1) is 9.66. The molecule has 8 heteroatoms. The third kappa shape index (κ3) is 2.17. The Hall–Kier alpha value is -2.25. The van der Waals surface area contributed by atoms with E-state index in [1.807, 2.05) is 6.92 Å². The maximum Gasteiger partial charge on any atom is 0.247 e. The van der Waals surface area contributed by atoms with Crippen LogP contribution in [-0.4, -0.2) is 42.3 Å². The molecular formula is C12H16N6O2. The summed E-state index contributed by atoms with van der Waals surface area (Å²) in [5, 5.41) is 7.96. The number of hydrogen-bond donors (Lipinski definition) is 0. The molecule has 0 aliphatic carbocycles. The van der Waals surface area contributed by atoms with Crippen molar-refractivity contribution >= 4 is 5.91 Å². The zero-order valence-electron chi connectivity index (χ0n) is 11.4. The smallest absolute Gasteiger partial charge is 0.247 e. The Bertz CT molecular complexity index is 593. The van der Waals surface area contributed by atoms with Gasteiger partial charge in [0.2, 0.25) is 11.8 Å². The summed E-state index contributed by atoms with van der Waals surface area (Å²) < 4.78 is 6.57. The van der Waals surface area contributed by atoms with E-state index in [0.29, 0.717) is 18.3 Å². The molecule has 0 N–H and O–H groups in total. The van der Waals surface area contributed by atoms with E-state index in [4.69, 9.17) is 4.52 Å². The standard InChI is InChI=1S/C12H16N6O2/c1-8(18-7-13-6-14-18)12(19)17-5-3-4-10(17)11-15-9(2)20-16-11/h6-8,10H,3-5H2,1-2H3. The van der Waals surface area contributed by atoms with E-state index in [2.05, 4.69) is 20.2 Å². The highest BCUT2D eigenvalue weighted by Gasteiger charge is 2.35. The first kappa shape index (κ1) is 12.8. The fourth-order valence-electron chi connectivity index (χ4n) is 2.52. The molecule has 1 fully saturated rings. The van der Waals surface area contributed by atoms with Crippen LogP contribution in [0, 0.1) is 6.92 Å². The summed E-state index contributed by atoms with van der Waals surface area (Å²) in [6.07, 6.45) is 4.77. The zero-order chi connectivity index (χ0) is 14.1. The molecule has 1 saturated heterocycles. The molecule has 0 spiro atoms. The molecule has 8 nitrogen and oxygen atoms in total. The van der Waals surface area contributed by atoms with Gasteiger partial charge < -0.3 is 9.42 Å². The minimum absolute atomic E-state index is 0.000420. The van der Waals surface area contributed by atoms with Gasteiger partial charge in [-0.25, -0.2) is 9.67 Å². The Kier molecular flexibility index (Phi) is 3.21. The third-order valence-corrected chi connectivity index (χ3v) is 3.57. The number of hydrogen-bond acceptors (Lipinski definition) is 6. The monoisotopic (exact) mass is 276 g/mol. The van der Waals surface area contributed by atoms with E-state index in [1.165, 1.54) is 6.33 Å². The summed E-state index contributed by atoms with van der Waals surface area (Å²) in [4.78, 5) is 22.5. The van der Waals surface area contributed by atoms with Crippen LogP contribution >= 0.6 is 0 Å². The predicted octanol–water partition coefficient (Wildman–Crippen LogP) is 0.894. The lowest BCUT2D eigenvalue weighted by Crippen LogP contribution is -2.36. The van der Waals surface area contributed by atoms with Crippen LogP contribution in [0.5, 0.6) is 0 Å². The van der Waals surface area contributed by atoms with Crippen molar-refractivity contribution in [1.82, 2.24) is 29.8 Å². The van der Waals surface area contributed by atoms with Gasteiger partial charge in [0.1, 0.15) is 18.7 Å². The lowest BCUT2D eigenvalue weighted by atomic mass is 10.2. The van der Waals surface area contributed by atoms with Gasteiger partial charge in [0, 0.05) is 13.5 Å². The number of rotatable bonds is 3. The van der Waals surface area contributed by atoms with Gasteiger partial charge in [-0.3, -0.25) is 4.79 Å². The number of aromatic nitrogens is 5. The van der Waals surface area contributed by atoms with Crippen molar-refractivity contribution < 1.29 is 9.32 Å². The number of likely N-dealkylation sites (tertiary alicyclic amines) is 1. The van der Waals surface area contributed by atoms with Crippen LogP contribution in [0.4, 0.5) is 0 Å². The van der Waals surface area contributed by atoms with Gasteiger partial charge in [0.25, 0.3) is 0 Å². The third-order valence-electron chi connectivity index (χ3n) is 3.57. The van der Waals surface area contributed by atoms with Gasteiger partial charge in [-0.15, -0.1) is 0 Å². The van der Waals surface area contributed by atoms with Gasteiger partial charge in [0.15, 0.2) is 5.82 Å². The van der Waals surface area contributed by atoms with Gasteiger partial charge >= 0.3 is 0 Å². The van der Waals surface area contributed by atoms with E-state index < -0.39 is 0 Å². The quantitative estimate of drug-likeness (QED) is 0.827. The number of nitrogens with zero attached hydrogens (tertiary/aromatic N) is 6. The molecule has 1 amide bonds. The summed E-state index contributed by atoms with van der Waals surface area (Å²) in [7, 11) is 0. The number of carbonyl (C=O) groups is 1. The Balaban J connectivity index is 1.80. The van der Waals surface area contributed by atoms with Gasteiger partial charge in [-0.2, -0.15) is 10.1 Å². The van der Waals surface area contributed by atoms with Gasteiger partial charge in [-0.1, -0.05) is 5.16 Å². The molecule has 1 aliphatic heterocycles. The normalized spacial score (nSPS) is 20.3. The van der Waals surface area contributed by atoms with E-state index in [-0.39, 0.29) is 18.0 Å². The molecule has 106 valence electrons. The lowest BCUT2D eigenvalue weighted by Gasteiger charge is -2.25. The summed E-state index contributed by atoms with van der Waals surface area (Å²) in [6.45, 7) is 4.26. The molecule has 2 aromatic rings. The Morgan fingerprint density at radius 1 is 1.55 bits per heavy atom. The SMILES string of the molecule is Cc1nc(C2CCCN2C(=O)C(C)n2cncn2)no1. The topological polar surface area (TPSA) is 89.9 Å². The largest absolute Gasteiger partial charge is 0.340 e. The van der Waals surface area contributed by atoms with Gasteiger partial charge in [-0.05, 0) is 19.8 Å². The van der Waals surface area contributed by atoms with Crippen molar-refractivity contribution in [2.45, 2.75) is 38.8 Å². The highest BCUT2D eigenvalue weighted by Crippen LogP contribution is 2.31. The van der Waals surface area contributed by atoms with Crippen LogP contribution < -0.4 is 0 Å². The summed E-state index contributed by atoms with van der Waals surface area (Å²) >= 11 is 0. The molecule has 3 heterocycles. The number of aryl methyl sites for hydroxylation is 1. The van der Waals surface area contributed by atoms with Crippen molar-refractivity contribution in [2.75, 3.05) is 6.54 Å². The van der Waals surface area contributed by atoms with Crippen LogP contribution in [0.1, 0.15) is 43.6 Å². The second-order valence-electron chi connectivity index (χ2n) is 4.91. The number of amides is 1. The first-order valence-electron chi connectivity index (χ1n) is 6.61. The fourth-order valence-corrected chi connectivity index (χ4v) is 2.52. The van der Waals surface area contributed by atoms with Crippen LogP contribution in [0.2, 0.25) is 0 Å². The van der Waals surface area contributed by atoms with Crippen molar-refractivity contribution in [3.8, 4) is 0 Å². The molecule has 2 unspecified atom stereocenters. The molecule has 0 radical (unpaired) electrons. The molecule has 1 aliphatic rings. The van der Waals surface area contributed by atoms with Crippen LogP contribution in [0.25, 0.3) is 0 Å². The molecule has 0 aromatic carbocycles. The average molecular weight is 276 g/mol. The molecule has 2 atom stereocenters. The van der Waals surface area contributed by atoms with Crippen LogP contribution in [-0.2, 0) is 4.79 Å². The highest BCUT2D eigenvalue weighted by molar-refractivity contribution is 5.80. The molecule has 2 aromatic heterocycles. The van der Waals surface area contributed by atoms with Crippen molar-refractivity contribution in [3.63, 3.8) is 0 Å². The molecule has 0 saturated carbocycles. The Morgan fingerprint density at radius 2 is 2.40 bits per heavy atom. The van der Waals surface area contributed by atoms with Crippen molar-refractivity contribution in [1.29, 1.82) is 0 Å². The fraction of sp³-hybridized carbons (Fsp3) is 0.583. The summed E-state index contributed by atoms with van der Waals surface area (Å²) in [5.74, 6) is 1.10. The maximum atomic E-state index is 12.6. The molecule has 0 bridgehead atoms. The van der Waals surface area contributed by atoms with E-state index >= 15 is 0 Å². The van der Waals surface area contributed by atoms with E-state index in [0.717, 1.165) is 12.8 Å². The van der Waals surface area contributed by atoms with Crippen LogP contribution in [0.15, 0.2) is 17.2 Å². The molecular weight excluding hydrogens is 260 g/mol. The second kappa shape index (κ2) is 5.03. The van der Waals surface area contributed by atoms with Crippen molar-refractivity contribution in [2.24, 2.45) is 0 Å². The van der Waals surface area contributed by atoms with E-state index in [1.54, 1.807) is 22.8 Å².